The molecule has 0 spiro atoms. The molecule has 3 aromatic rings. The zero-order chi connectivity index (χ0) is 31.4. The highest BCUT2D eigenvalue weighted by molar-refractivity contribution is 7.79. The molecule has 0 radical (unpaired) electrons. The van der Waals surface area contributed by atoms with Crippen LogP contribution in [0.2, 0.25) is 10.0 Å². The molecule has 2 aliphatic rings. The summed E-state index contributed by atoms with van der Waals surface area (Å²) in [7, 11) is 0. The molecular formula is C31H31Cl2F2N5O3S. The second-order valence-corrected chi connectivity index (χ2v) is 12.9. The van der Waals surface area contributed by atoms with Crippen molar-refractivity contribution in [1.82, 2.24) is 15.2 Å². The number of carbonyl (C=O) groups excluding carboxylic acids is 1. The van der Waals surface area contributed by atoms with Gasteiger partial charge in [-0.05, 0) is 67.1 Å². The second-order valence-electron chi connectivity index (χ2n) is 11.1. The summed E-state index contributed by atoms with van der Waals surface area (Å²) in [5.74, 6) is -2.46. The maximum absolute atomic E-state index is 15.2. The zero-order valence-corrected chi connectivity index (χ0v) is 25.9. The minimum Gasteiger partial charge on any atom is -0.772 e. The van der Waals surface area contributed by atoms with Gasteiger partial charge in [-0.3, -0.25) is 18.9 Å². The number of hydrogen-bond acceptors (Lipinski definition) is 6. The molecule has 0 aliphatic carbocycles. The molecule has 2 aromatic carbocycles. The Hall–Kier alpha value is -2.98. The Morgan fingerprint density at radius 2 is 2.00 bits per heavy atom. The number of fused-ring (bicyclic) bond motifs is 1. The standard InChI is InChI=1S/C31H31Cl2F2N5O3S/c1-36-30(29(19-12-20(32)15-37-14-19)18-7-9-23(33)25(35)13-18)31(41)39-26-6-2-5-24(34)22(26)8-10-27-28-17-40(28)21(16-38-27)4-3-11-44(42)43/h1-2,5-7,9,12-15,21,27-30,38H,3-4,8,10-11,16-17H2,(H-,39,41,42,43). The van der Waals surface area contributed by atoms with E-state index in [1.54, 1.807) is 18.2 Å². The number of amides is 1. The number of anilines is 1. The molecule has 0 saturated carbocycles. The summed E-state index contributed by atoms with van der Waals surface area (Å²) in [6, 6.07) is 9.72. The molecule has 2 N–H and O–H groups in total. The van der Waals surface area contributed by atoms with E-state index in [2.05, 4.69) is 25.4 Å². The maximum atomic E-state index is 15.2. The van der Waals surface area contributed by atoms with E-state index in [0.717, 1.165) is 19.5 Å². The van der Waals surface area contributed by atoms with Gasteiger partial charge >= 0.3 is 11.9 Å². The van der Waals surface area contributed by atoms with Gasteiger partial charge in [0.1, 0.15) is 17.6 Å². The first-order chi connectivity index (χ1) is 21.2. The Labute approximate surface area is 267 Å². The third kappa shape index (κ3) is 7.62. The quantitative estimate of drug-likeness (QED) is 0.200. The van der Waals surface area contributed by atoms with Crippen LogP contribution in [-0.4, -0.2) is 67.6 Å². The first-order valence-corrected chi connectivity index (χ1v) is 16.2. The van der Waals surface area contributed by atoms with Crippen molar-refractivity contribution in [1.29, 1.82) is 0 Å². The van der Waals surface area contributed by atoms with Crippen LogP contribution in [-0.2, 0) is 22.3 Å². The molecule has 2 fully saturated rings. The van der Waals surface area contributed by atoms with Gasteiger partial charge < -0.3 is 15.2 Å². The van der Waals surface area contributed by atoms with Crippen molar-refractivity contribution in [2.24, 2.45) is 0 Å². The van der Waals surface area contributed by atoms with Crippen LogP contribution < -0.4 is 10.6 Å². The lowest BCUT2D eigenvalue weighted by Crippen LogP contribution is -2.49. The van der Waals surface area contributed by atoms with Crippen LogP contribution in [0, 0.1) is 18.2 Å². The molecule has 2 saturated heterocycles. The Balaban J connectivity index is 1.31. The molecule has 232 valence electrons. The van der Waals surface area contributed by atoms with Gasteiger partial charge in [-0.15, -0.1) is 0 Å². The van der Waals surface area contributed by atoms with Crippen LogP contribution in [0.1, 0.15) is 41.9 Å². The van der Waals surface area contributed by atoms with Crippen LogP contribution in [0.25, 0.3) is 4.85 Å². The summed E-state index contributed by atoms with van der Waals surface area (Å²) in [5.41, 5.74) is 1.50. The Morgan fingerprint density at radius 3 is 2.73 bits per heavy atom. The number of nitrogens with zero attached hydrogens (tertiary/aromatic N) is 3. The lowest BCUT2D eigenvalue weighted by Gasteiger charge is -2.31. The highest BCUT2D eigenvalue weighted by Crippen LogP contribution is 2.35. The third-order valence-corrected chi connectivity index (χ3v) is 9.44. The van der Waals surface area contributed by atoms with Crippen molar-refractivity contribution < 1.29 is 22.3 Å². The Bertz CT molecular complexity index is 1590. The predicted molar refractivity (Wildman–Crippen MR) is 167 cm³/mol. The fourth-order valence-corrected chi connectivity index (χ4v) is 6.79. The number of nitrogens with one attached hydrogen (secondary N) is 2. The maximum Gasteiger partial charge on any atom is 0.359 e. The molecule has 1 aromatic heterocycles. The van der Waals surface area contributed by atoms with Crippen molar-refractivity contribution in [3.05, 3.63) is 98.1 Å². The van der Waals surface area contributed by atoms with Crippen molar-refractivity contribution >= 4 is 45.9 Å². The molecular weight excluding hydrogens is 631 g/mol. The van der Waals surface area contributed by atoms with Crippen molar-refractivity contribution in [3.8, 4) is 6.57 Å². The highest BCUT2D eigenvalue weighted by Gasteiger charge is 2.47. The van der Waals surface area contributed by atoms with E-state index in [0.29, 0.717) is 52.7 Å². The highest BCUT2D eigenvalue weighted by atomic mass is 35.5. The minimum absolute atomic E-state index is 0.0824. The SMILES string of the molecule is C#[N+]C(C(=O)Nc1cccc(F)c1CCC1NCC(CCCS(=O)[O-])N2CC12)C(c1cncc(Cl)c1)c1ccc(Cl)c(F)c1. The third-order valence-electron chi connectivity index (χ3n) is 8.30. The number of rotatable bonds is 12. The van der Waals surface area contributed by atoms with Crippen molar-refractivity contribution in [2.45, 2.75) is 55.8 Å². The average molecular weight is 663 g/mol. The van der Waals surface area contributed by atoms with E-state index >= 15 is 4.39 Å². The van der Waals surface area contributed by atoms with Crippen LogP contribution in [0.4, 0.5) is 14.5 Å². The van der Waals surface area contributed by atoms with Gasteiger partial charge in [0, 0.05) is 60.6 Å². The summed E-state index contributed by atoms with van der Waals surface area (Å²) >= 11 is 10.1. The topological polar surface area (TPSA) is 102 Å². The van der Waals surface area contributed by atoms with E-state index < -0.39 is 40.6 Å². The normalized spacial score (nSPS) is 22.7. The molecule has 5 rings (SSSR count). The van der Waals surface area contributed by atoms with E-state index in [9.17, 15) is 17.9 Å². The number of carbonyl (C=O) groups is 1. The molecule has 13 heteroatoms. The molecule has 7 atom stereocenters. The molecule has 3 heterocycles. The Morgan fingerprint density at radius 1 is 1.18 bits per heavy atom. The first-order valence-electron chi connectivity index (χ1n) is 14.2. The molecule has 0 bridgehead atoms. The fourth-order valence-electron chi connectivity index (χ4n) is 6.09. The number of pyridine rings is 1. The van der Waals surface area contributed by atoms with Crippen LogP contribution >= 0.6 is 23.2 Å². The zero-order valence-electron chi connectivity index (χ0n) is 23.6. The monoisotopic (exact) mass is 661 g/mol. The average Bonchev–Trinajstić information content (AvgIpc) is 3.79. The van der Waals surface area contributed by atoms with Gasteiger partial charge in [-0.1, -0.05) is 51.3 Å². The number of halogens is 4. The first kappa shape index (κ1) is 32.4. The lowest BCUT2D eigenvalue weighted by molar-refractivity contribution is -0.116. The van der Waals surface area contributed by atoms with E-state index in [1.807, 2.05) is 0 Å². The van der Waals surface area contributed by atoms with Crippen LogP contribution in [0.5, 0.6) is 0 Å². The van der Waals surface area contributed by atoms with Crippen molar-refractivity contribution in [2.75, 3.05) is 24.2 Å². The smallest absolute Gasteiger partial charge is 0.359 e. The van der Waals surface area contributed by atoms with Gasteiger partial charge in [0.15, 0.2) is 0 Å². The van der Waals surface area contributed by atoms with E-state index in [4.69, 9.17) is 29.8 Å². The van der Waals surface area contributed by atoms with E-state index in [-0.39, 0.29) is 22.9 Å². The summed E-state index contributed by atoms with van der Waals surface area (Å²) in [6.45, 7) is 7.43. The number of aromatic nitrogens is 1. The van der Waals surface area contributed by atoms with Crippen molar-refractivity contribution in [3.63, 3.8) is 0 Å². The number of benzene rings is 2. The van der Waals surface area contributed by atoms with E-state index in [1.165, 1.54) is 36.7 Å². The molecule has 1 amide bonds. The lowest BCUT2D eigenvalue weighted by atomic mass is 9.85. The fraction of sp³-hybridized carbons (Fsp3) is 0.387. The summed E-state index contributed by atoms with van der Waals surface area (Å²) < 4.78 is 51.4. The number of hydrogen-bond donors (Lipinski definition) is 2. The van der Waals surface area contributed by atoms with Gasteiger partial charge in [0.05, 0.1) is 10.0 Å². The second kappa shape index (κ2) is 14.4. The van der Waals surface area contributed by atoms with Crippen LogP contribution in [0.3, 0.4) is 0 Å². The Kier molecular flexibility index (Phi) is 10.6. The molecule has 8 nitrogen and oxygen atoms in total. The largest absolute Gasteiger partial charge is 0.772 e. The predicted octanol–water partition coefficient (Wildman–Crippen LogP) is 5.39. The number of piperazine rings is 1. The summed E-state index contributed by atoms with van der Waals surface area (Å²) in [5, 5.41) is 6.58. The van der Waals surface area contributed by atoms with Gasteiger partial charge in [-0.25, -0.2) is 8.78 Å². The minimum atomic E-state index is -2.03. The van der Waals surface area contributed by atoms with Crippen LogP contribution in [0.15, 0.2) is 54.9 Å². The summed E-state index contributed by atoms with van der Waals surface area (Å²) in [6.07, 6.45) is 5.34. The molecule has 2 aliphatic heterocycles. The van der Waals surface area contributed by atoms with Gasteiger partial charge in [0.25, 0.3) is 6.57 Å². The summed E-state index contributed by atoms with van der Waals surface area (Å²) in [4.78, 5) is 24.1. The molecule has 44 heavy (non-hydrogen) atoms. The van der Waals surface area contributed by atoms with Gasteiger partial charge in [-0.2, -0.15) is 0 Å². The molecule has 7 unspecified atom stereocenters. The van der Waals surface area contributed by atoms with Gasteiger partial charge in [0.2, 0.25) is 0 Å².